The molecule has 3 atom stereocenters. The molecular weight excluding hydrogens is 192 g/mol. The summed E-state index contributed by atoms with van der Waals surface area (Å²) in [6, 6.07) is 0.632. The largest absolute Gasteiger partial charge is 0.394 e. The molecule has 2 aliphatic rings. The molecule has 0 radical (unpaired) electrons. The first-order valence-corrected chi connectivity index (χ1v) is 6.01. The first kappa shape index (κ1) is 11.3. The molecule has 15 heavy (non-hydrogen) atoms. The van der Waals surface area contributed by atoms with E-state index in [9.17, 15) is 0 Å². The first-order valence-electron chi connectivity index (χ1n) is 6.01. The maximum Gasteiger partial charge on any atom is 0.0932 e. The Kier molecular flexibility index (Phi) is 3.97. The van der Waals surface area contributed by atoms with Gasteiger partial charge in [-0.1, -0.05) is 6.42 Å². The first-order chi connectivity index (χ1) is 7.35. The van der Waals surface area contributed by atoms with E-state index < -0.39 is 0 Å². The van der Waals surface area contributed by atoms with Crippen LogP contribution in [0.1, 0.15) is 19.3 Å². The SMILES string of the molecule is NCC1CCCC1N1CCOC(CO)C1. The van der Waals surface area contributed by atoms with Gasteiger partial charge in [0, 0.05) is 19.1 Å². The Morgan fingerprint density at radius 2 is 2.27 bits per heavy atom. The standard InChI is InChI=1S/C11H22N2O2/c12-6-9-2-1-3-11(9)13-4-5-15-10(7-13)8-14/h9-11,14H,1-8,12H2. The van der Waals surface area contributed by atoms with Crippen molar-refractivity contribution in [1.82, 2.24) is 4.90 Å². The molecule has 0 bridgehead atoms. The highest BCUT2D eigenvalue weighted by Crippen LogP contribution is 2.30. The van der Waals surface area contributed by atoms with Crippen molar-refractivity contribution < 1.29 is 9.84 Å². The van der Waals surface area contributed by atoms with Crippen molar-refractivity contribution >= 4 is 0 Å². The molecule has 0 spiro atoms. The van der Waals surface area contributed by atoms with Gasteiger partial charge < -0.3 is 15.6 Å². The Hall–Kier alpha value is -0.160. The third-order valence-electron chi connectivity index (χ3n) is 3.76. The molecule has 0 aromatic rings. The van der Waals surface area contributed by atoms with Gasteiger partial charge >= 0.3 is 0 Å². The molecule has 4 heteroatoms. The van der Waals surface area contributed by atoms with Crippen molar-refractivity contribution in [2.45, 2.75) is 31.4 Å². The number of aliphatic hydroxyl groups excluding tert-OH is 1. The fourth-order valence-corrected chi connectivity index (χ4v) is 2.93. The van der Waals surface area contributed by atoms with E-state index in [2.05, 4.69) is 4.90 Å². The van der Waals surface area contributed by atoms with Crippen LogP contribution in [0.25, 0.3) is 0 Å². The van der Waals surface area contributed by atoms with Crippen LogP contribution in [0.5, 0.6) is 0 Å². The predicted octanol–water partition coefficient (Wildman–Crippen LogP) is -0.193. The number of aliphatic hydroxyl groups is 1. The number of nitrogens with two attached hydrogens (primary N) is 1. The van der Waals surface area contributed by atoms with Crippen LogP contribution in [-0.2, 0) is 4.74 Å². The van der Waals surface area contributed by atoms with E-state index in [0.717, 1.165) is 26.2 Å². The van der Waals surface area contributed by atoms with Crippen LogP contribution in [0.3, 0.4) is 0 Å². The van der Waals surface area contributed by atoms with Crippen molar-refractivity contribution in [2.24, 2.45) is 11.7 Å². The molecule has 3 N–H and O–H groups in total. The topological polar surface area (TPSA) is 58.7 Å². The van der Waals surface area contributed by atoms with Gasteiger partial charge in [0.15, 0.2) is 0 Å². The number of hydrogen-bond donors (Lipinski definition) is 2. The molecule has 1 aliphatic heterocycles. The normalized spacial score (nSPS) is 38.4. The zero-order valence-corrected chi connectivity index (χ0v) is 9.27. The van der Waals surface area contributed by atoms with Crippen LogP contribution >= 0.6 is 0 Å². The van der Waals surface area contributed by atoms with Gasteiger partial charge in [-0.25, -0.2) is 0 Å². The minimum atomic E-state index is 0.0118. The van der Waals surface area contributed by atoms with Gasteiger partial charge in [0.2, 0.25) is 0 Å². The molecular formula is C11H22N2O2. The fraction of sp³-hybridized carbons (Fsp3) is 1.00. The average Bonchev–Trinajstić information content (AvgIpc) is 2.77. The highest BCUT2D eigenvalue weighted by Gasteiger charge is 2.33. The molecule has 3 unspecified atom stereocenters. The summed E-state index contributed by atoms with van der Waals surface area (Å²) in [4.78, 5) is 2.47. The van der Waals surface area contributed by atoms with E-state index in [1.807, 2.05) is 0 Å². The van der Waals surface area contributed by atoms with Crippen LogP contribution in [0.15, 0.2) is 0 Å². The summed E-state index contributed by atoms with van der Waals surface area (Å²) < 4.78 is 5.46. The molecule has 0 amide bonds. The lowest BCUT2D eigenvalue weighted by molar-refractivity contribution is -0.0685. The Balaban J connectivity index is 1.91. The van der Waals surface area contributed by atoms with Crippen molar-refractivity contribution in [2.75, 3.05) is 32.8 Å². The van der Waals surface area contributed by atoms with Crippen molar-refractivity contribution in [3.63, 3.8) is 0 Å². The van der Waals surface area contributed by atoms with Gasteiger partial charge in [-0.15, -0.1) is 0 Å². The maximum absolute atomic E-state index is 9.10. The van der Waals surface area contributed by atoms with Gasteiger partial charge in [-0.3, -0.25) is 4.90 Å². The van der Waals surface area contributed by atoms with Crippen molar-refractivity contribution in [1.29, 1.82) is 0 Å². The van der Waals surface area contributed by atoms with Crippen LogP contribution < -0.4 is 5.73 Å². The third-order valence-corrected chi connectivity index (χ3v) is 3.76. The van der Waals surface area contributed by atoms with Crippen molar-refractivity contribution in [3.05, 3.63) is 0 Å². The number of hydrogen-bond acceptors (Lipinski definition) is 4. The molecule has 1 heterocycles. The van der Waals surface area contributed by atoms with Gasteiger partial charge in [0.1, 0.15) is 0 Å². The monoisotopic (exact) mass is 214 g/mol. The molecule has 1 saturated carbocycles. The lowest BCUT2D eigenvalue weighted by Crippen LogP contribution is -2.50. The molecule has 0 aromatic heterocycles. The van der Waals surface area contributed by atoms with Gasteiger partial charge in [0.25, 0.3) is 0 Å². The second-order valence-electron chi connectivity index (χ2n) is 4.66. The number of ether oxygens (including phenoxy) is 1. The van der Waals surface area contributed by atoms with E-state index in [4.69, 9.17) is 15.6 Å². The fourth-order valence-electron chi connectivity index (χ4n) is 2.93. The molecule has 1 saturated heterocycles. The number of rotatable bonds is 3. The Labute approximate surface area is 91.4 Å². The summed E-state index contributed by atoms with van der Waals surface area (Å²) in [6.45, 7) is 3.55. The van der Waals surface area contributed by atoms with E-state index >= 15 is 0 Å². The summed E-state index contributed by atoms with van der Waals surface area (Å²) >= 11 is 0. The molecule has 2 rings (SSSR count). The molecule has 88 valence electrons. The molecule has 0 aromatic carbocycles. The van der Waals surface area contributed by atoms with Crippen molar-refractivity contribution in [3.8, 4) is 0 Å². The van der Waals surface area contributed by atoms with Gasteiger partial charge in [0.05, 0.1) is 19.3 Å². The summed E-state index contributed by atoms with van der Waals surface area (Å²) in [5, 5.41) is 9.10. The summed E-state index contributed by atoms with van der Waals surface area (Å²) in [5.41, 5.74) is 5.79. The van der Waals surface area contributed by atoms with Crippen LogP contribution in [0.2, 0.25) is 0 Å². The van der Waals surface area contributed by atoms with E-state index in [-0.39, 0.29) is 12.7 Å². The van der Waals surface area contributed by atoms with E-state index in [1.54, 1.807) is 0 Å². The van der Waals surface area contributed by atoms with Gasteiger partial charge in [-0.2, -0.15) is 0 Å². The van der Waals surface area contributed by atoms with E-state index in [0.29, 0.717) is 12.0 Å². The van der Waals surface area contributed by atoms with Crippen LogP contribution in [0.4, 0.5) is 0 Å². The minimum absolute atomic E-state index is 0.0118. The molecule has 4 nitrogen and oxygen atoms in total. The highest BCUT2D eigenvalue weighted by atomic mass is 16.5. The molecule has 1 aliphatic carbocycles. The lowest BCUT2D eigenvalue weighted by atomic mass is 10.0. The quantitative estimate of drug-likeness (QED) is 0.683. The second kappa shape index (κ2) is 5.25. The summed E-state index contributed by atoms with van der Waals surface area (Å²) in [5.74, 6) is 0.655. The zero-order valence-electron chi connectivity index (χ0n) is 9.27. The lowest BCUT2D eigenvalue weighted by Gasteiger charge is -2.38. The molecule has 2 fully saturated rings. The van der Waals surface area contributed by atoms with Crippen LogP contribution in [-0.4, -0.2) is 55.0 Å². The predicted molar refractivity (Wildman–Crippen MR) is 58.6 cm³/mol. The Morgan fingerprint density at radius 1 is 1.40 bits per heavy atom. The summed E-state index contributed by atoms with van der Waals surface area (Å²) in [6.07, 6.45) is 3.84. The van der Waals surface area contributed by atoms with E-state index in [1.165, 1.54) is 19.3 Å². The van der Waals surface area contributed by atoms with Gasteiger partial charge in [-0.05, 0) is 25.3 Å². The number of nitrogens with zero attached hydrogens (tertiary/aromatic N) is 1. The second-order valence-corrected chi connectivity index (χ2v) is 4.66. The zero-order chi connectivity index (χ0) is 10.7. The minimum Gasteiger partial charge on any atom is -0.394 e. The highest BCUT2D eigenvalue weighted by molar-refractivity contribution is 4.88. The maximum atomic E-state index is 9.10. The average molecular weight is 214 g/mol. The summed E-state index contributed by atoms with van der Waals surface area (Å²) in [7, 11) is 0. The van der Waals surface area contributed by atoms with Crippen LogP contribution in [0, 0.1) is 5.92 Å². The smallest absolute Gasteiger partial charge is 0.0932 e. The third kappa shape index (κ3) is 2.50. The Bertz CT molecular complexity index is 201. The Morgan fingerprint density at radius 3 is 3.00 bits per heavy atom. The number of morpholine rings is 1.